The van der Waals surface area contributed by atoms with Crippen LogP contribution in [0.15, 0.2) is 89.1 Å². The van der Waals surface area contributed by atoms with Crippen molar-refractivity contribution in [1.29, 1.82) is 0 Å². The van der Waals surface area contributed by atoms with Gasteiger partial charge in [-0.3, -0.25) is 4.57 Å². The molecule has 0 fully saturated rings. The molecular weight excluding hydrogens is 466 g/mol. The van der Waals surface area contributed by atoms with Gasteiger partial charge in [-0.1, -0.05) is 42.5 Å². The van der Waals surface area contributed by atoms with Crippen molar-refractivity contribution < 1.29 is 20.1 Å². The molecule has 0 spiro atoms. The number of phenolic OH excluding ortho intramolecular Hbond substituents is 1. The third-order valence-corrected chi connectivity index (χ3v) is 6.23. The Labute approximate surface area is 213 Å². The lowest BCUT2D eigenvalue weighted by Gasteiger charge is -2.10. The van der Waals surface area contributed by atoms with Crippen LogP contribution in [0.4, 0.5) is 11.4 Å². The van der Waals surface area contributed by atoms with Crippen LogP contribution in [0.1, 0.15) is 27.0 Å². The smallest absolute Gasteiger partial charge is 0.335 e. The van der Waals surface area contributed by atoms with Gasteiger partial charge >= 0.3 is 5.97 Å². The van der Waals surface area contributed by atoms with E-state index < -0.39 is 5.97 Å². The highest BCUT2D eigenvalue weighted by atomic mass is 16.4. The number of azo groups is 1. The van der Waals surface area contributed by atoms with Crippen molar-refractivity contribution in [2.45, 2.75) is 20.8 Å². The Bertz CT molecular complexity index is 1700. The number of rotatable bonds is 5. The second-order valence-corrected chi connectivity index (χ2v) is 9.13. The van der Waals surface area contributed by atoms with Gasteiger partial charge in [0.1, 0.15) is 5.69 Å². The van der Waals surface area contributed by atoms with Crippen LogP contribution in [0.2, 0.25) is 0 Å². The van der Waals surface area contributed by atoms with Crippen molar-refractivity contribution in [1.82, 2.24) is 4.57 Å². The summed E-state index contributed by atoms with van der Waals surface area (Å²) in [5.41, 5.74) is 6.34. The Morgan fingerprint density at radius 1 is 0.784 bits per heavy atom. The van der Waals surface area contributed by atoms with Crippen LogP contribution < -0.4 is 0 Å². The summed E-state index contributed by atoms with van der Waals surface area (Å²) in [6, 6.07) is 23.2. The van der Waals surface area contributed by atoms with E-state index in [0.29, 0.717) is 11.1 Å². The molecule has 0 aliphatic heterocycles. The molecule has 0 bridgehead atoms. The zero-order valence-electron chi connectivity index (χ0n) is 20.6. The standard InChI is InChI=1S/C30H25N3O4/c1-17-10-11-24-26(15-17)33(22-13-18(2)12-19(3)14-22)29(35)27(24)32-31-25-9-5-8-23(28(25)34)20-6-4-7-21(16-20)30(36)37/h4-16,34-35H,1-3H3,(H,36,37). The topological polar surface area (TPSA) is 107 Å². The molecule has 0 saturated carbocycles. The largest absolute Gasteiger partial charge is 0.505 e. The highest BCUT2D eigenvalue weighted by Crippen LogP contribution is 2.44. The summed E-state index contributed by atoms with van der Waals surface area (Å²) < 4.78 is 1.75. The molecule has 7 nitrogen and oxygen atoms in total. The lowest BCUT2D eigenvalue weighted by Crippen LogP contribution is -1.95. The fourth-order valence-corrected chi connectivity index (χ4v) is 4.58. The normalized spacial score (nSPS) is 11.4. The zero-order chi connectivity index (χ0) is 26.3. The van der Waals surface area contributed by atoms with Crippen LogP contribution in [0, 0.1) is 20.8 Å². The molecule has 1 aromatic heterocycles. The van der Waals surface area contributed by atoms with Crippen LogP contribution in [0.5, 0.6) is 11.6 Å². The molecule has 184 valence electrons. The fourth-order valence-electron chi connectivity index (χ4n) is 4.58. The van der Waals surface area contributed by atoms with E-state index in [0.717, 1.165) is 33.3 Å². The first-order chi connectivity index (χ1) is 17.7. The number of para-hydroxylation sites is 1. The van der Waals surface area contributed by atoms with Crippen LogP contribution in [-0.2, 0) is 0 Å². The van der Waals surface area contributed by atoms with Gasteiger partial charge in [-0.05, 0) is 79.4 Å². The Kier molecular flexibility index (Phi) is 5.97. The van der Waals surface area contributed by atoms with Gasteiger partial charge in [0.25, 0.3) is 0 Å². The van der Waals surface area contributed by atoms with E-state index in [9.17, 15) is 20.1 Å². The van der Waals surface area contributed by atoms with Gasteiger partial charge in [-0.25, -0.2) is 4.79 Å². The third-order valence-electron chi connectivity index (χ3n) is 6.23. The number of benzene rings is 4. The molecule has 0 aliphatic carbocycles. The maximum absolute atomic E-state index is 11.4. The number of hydrogen-bond donors (Lipinski definition) is 3. The van der Waals surface area contributed by atoms with E-state index in [2.05, 4.69) is 16.3 Å². The number of aryl methyl sites for hydroxylation is 3. The average molecular weight is 492 g/mol. The van der Waals surface area contributed by atoms with Crippen LogP contribution in [0.25, 0.3) is 27.7 Å². The quantitative estimate of drug-likeness (QED) is 0.218. The van der Waals surface area contributed by atoms with E-state index in [1.807, 2.05) is 51.1 Å². The number of nitrogens with zero attached hydrogens (tertiary/aromatic N) is 3. The average Bonchev–Trinajstić information content (AvgIpc) is 3.13. The first-order valence-electron chi connectivity index (χ1n) is 11.7. The number of aromatic hydroxyl groups is 2. The predicted molar refractivity (Wildman–Crippen MR) is 144 cm³/mol. The molecule has 0 atom stereocenters. The summed E-state index contributed by atoms with van der Waals surface area (Å²) in [5.74, 6) is -1.25. The van der Waals surface area contributed by atoms with Crippen molar-refractivity contribution in [2.24, 2.45) is 10.2 Å². The molecule has 0 saturated heterocycles. The fraction of sp³-hybridized carbons (Fsp3) is 0.100. The minimum atomic E-state index is -1.05. The number of phenols is 1. The molecule has 5 rings (SSSR count). The minimum absolute atomic E-state index is 0.0563. The molecule has 0 unspecified atom stereocenters. The molecule has 37 heavy (non-hydrogen) atoms. The summed E-state index contributed by atoms with van der Waals surface area (Å²) in [6.07, 6.45) is 0. The van der Waals surface area contributed by atoms with Gasteiger partial charge in [0.15, 0.2) is 11.4 Å². The number of carbonyl (C=O) groups is 1. The van der Waals surface area contributed by atoms with Gasteiger partial charge in [0.2, 0.25) is 5.88 Å². The molecule has 0 radical (unpaired) electrons. The van der Waals surface area contributed by atoms with Crippen molar-refractivity contribution in [3.63, 3.8) is 0 Å². The molecule has 7 heteroatoms. The lowest BCUT2D eigenvalue weighted by molar-refractivity contribution is 0.0697. The van der Waals surface area contributed by atoms with E-state index >= 15 is 0 Å². The van der Waals surface area contributed by atoms with Crippen LogP contribution in [-0.4, -0.2) is 25.9 Å². The molecule has 3 N–H and O–H groups in total. The Hall–Kier alpha value is -4.91. The molecule has 5 aromatic rings. The van der Waals surface area contributed by atoms with E-state index in [-0.39, 0.29) is 28.6 Å². The van der Waals surface area contributed by atoms with Crippen molar-refractivity contribution in [3.05, 3.63) is 101 Å². The van der Waals surface area contributed by atoms with Gasteiger partial charge in [0.05, 0.1) is 11.1 Å². The van der Waals surface area contributed by atoms with Crippen molar-refractivity contribution >= 4 is 28.2 Å². The van der Waals surface area contributed by atoms with E-state index in [1.165, 1.54) is 12.1 Å². The first-order valence-corrected chi connectivity index (χ1v) is 11.7. The van der Waals surface area contributed by atoms with Crippen LogP contribution in [0.3, 0.4) is 0 Å². The van der Waals surface area contributed by atoms with Gasteiger partial charge < -0.3 is 15.3 Å². The molecule has 4 aromatic carbocycles. The number of hydrogen-bond acceptors (Lipinski definition) is 5. The highest BCUT2D eigenvalue weighted by Gasteiger charge is 2.19. The Balaban J connectivity index is 1.63. The van der Waals surface area contributed by atoms with Gasteiger partial charge in [-0.2, -0.15) is 0 Å². The summed E-state index contributed by atoms with van der Waals surface area (Å²) in [4.78, 5) is 11.4. The highest BCUT2D eigenvalue weighted by molar-refractivity contribution is 5.97. The SMILES string of the molecule is Cc1cc(C)cc(-n2c(O)c(N=Nc3cccc(-c4cccc(C(=O)O)c4)c3O)c3ccc(C)cc32)c1. The van der Waals surface area contributed by atoms with Gasteiger partial charge in [0, 0.05) is 16.6 Å². The maximum atomic E-state index is 11.4. The first kappa shape index (κ1) is 23.8. The minimum Gasteiger partial charge on any atom is -0.505 e. The summed E-state index contributed by atoms with van der Waals surface area (Å²) >= 11 is 0. The number of carboxylic acid groups (broad SMARTS) is 1. The second kappa shape index (κ2) is 9.28. The summed E-state index contributed by atoms with van der Waals surface area (Å²) in [5, 5.41) is 40.9. The molecule has 0 aliphatic rings. The predicted octanol–water partition coefficient (Wildman–Crippen LogP) is 7.75. The second-order valence-electron chi connectivity index (χ2n) is 9.13. The number of carboxylic acids is 1. The Morgan fingerprint density at radius 3 is 2.24 bits per heavy atom. The van der Waals surface area contributed by atoms with Crippen molar-refractivity contribution in [3.8, 4) is 28.4 Å². The maximum Gasteiger partial charge on any atom is 0.335 e. The molecule has 0 amide bonds. The summed E-state index contributed by atoms with van der Waals surface area (Å²) in [7, 11) is 0. The number of fused-ring (bicyclic) bond motifs is 1. The van der Waals surface area contributed by atoms with E-state index in [1.54, 1.807) is 34.9 Å². The summed E-state index contributed by atoms with van der Waals surface area (Å²) in [6.45, 7) is 6.00. The van der Waals surface area contributed by atoms with E-state index in [4.69, 9.17) is 0 Å². The zero-order valence-corrected chi connectivity index (χ0v) is 20.6. The number of aromatic nitrogens is 1. The Morgan fingerprint density at radius 2 is 1.51 bits per heavy atom. The monoisotopic (exact) mass is 491 g/mol. The van der Waals surface area contributed by atoms with Crippen molar-refractivity contribution in [2.75, 3.05) is 0 Å². The van der Waals surface area contributed by atoms with Gasteiger partial charge in [-0.15, -0.1) is 10.2 Å². The third kappa shape index (κ3) is 4.43. The molecule has 1 heterocycles. The lowest BCUT2D eigenvalue weighted by atomic mass is 10.0. The molecular formula is C30H25N3O4. The number of aromatic carboxylic acids is 1. The van der Waals surface area contributed by atoms with Crippen LogP contribution >= 0.6 is 0 Å².